The van der Waals surface area contributed by atoms with Crippen molar-refractivity contribution in [2.24, 2.45) is 0 Å². The van der Waals surface area contributed by atoms with E-state index in [9.17, 15) is 22.4 Å². The number of halogens is 1. The van der Waals surface area contributed by atoms with Gasteiger partial charge in [-0.05, 0) is 74.9 Å². The molecule has 0 saturated carbocycles. The third-order valence-electron chi connectivity index (χ3n) is 7.09. The van der Waals surface area contributed by atoms with Gasteiger partial charge in [0.15, 0.2) is 0 Å². The summed E-state index contributed by atoms with van der Waals surface area (Å²) in [6.07, 6.45) is 3.34. The predicted octanol–water partition coefficient (Wildman–Crippen LogP) is 4.47. The Hall–Kier alpha value is -3.31. The maximum atomic E-state index is 13.8. The molecule has 0 aliphatic carbocycles. The molecule has 3 aromatic rings. The van der Waals surface area contributed by atoms with Crippen LogP contribution in [0.1, 0.15) is 68.7 Å². The number of anilines is 1. The Labute approximate surface area is 231 Å². The van der Waals surface area contributed by atoms with Crippen LogP contribution in [0, 0.1) is 12.7 Å². The molecule has 2 aliphatic heterocycles. The Morgan fingerprint density at radius 3 is 2.67 bits per heavy atom. The van der Waals surface area contributed by atoms with Gasteiger partial charge in [0.25, 0.3) is 11.8 Å². The highest BCUT2D eigenvalue weighted by atomic mass is 32.2. The van der Waals surface area contributed by atoms with Crippen molar-refractivity contribution in [3.8, 4) is 0 Å². The van der Waals surface area contributed by atoms with Crippen LogP contribution < -0.4 is 9.62 Å². The van der Waals surface area contributed by atoms with Crippen LogP contribution in [0.25, 0.3) is 0 Å². The SMILES string of the molecule is Cc1csc(C2CCCN2C(=O)c2cc(C(=O)NCCc3cccc(F)c3)cc(N3CCCCS3(=O)=O)c2)n1. The summed E-state index contributed by atoms with van der Waals surface area (Å²) in [4.78, 5) is 33.4. The Morgan fingerprint density at radius 1 is 1.10 bits per heavy atom. The summed E-state index contributed by atoms with van der Waals surface area (Å²) in [5.41, 5.74) is 2.44. The maximum Gasteiger partial charge on any atom is 0.254 e. The first kappa shape index (κ1) is 27.3. The maximum absolute atomic E-state index is 13.8. The number of carbonyl (C=O) groups excluding carboxylic acids is 2. The van der Waals surface area contributed by atoms with Crippen molar-refractivity contribution >= 4 is 38.9 Å². The second-order valence-electron chi connectivity index (χ2n) is 9.98. The second-order valence-corrected chi connectivity index (χ2v) is 12.9. The lowest BCUT2D eigenvalue weighted by atomic mass is 10.1. The van der Waals surface area contributed by atoms with Crippen LogP contribution in [-0.4, -0.2) is 55.5 Å². The third-order valence-corrected chi connectivity index (χ3v) is 10.0. The lowest BCUT2D eigenvalue weighted by Gasteiger charge is -2.29. The summed E-state index contributed by atoms with van der Waals surface area (Å²) in [6.45, 7) is 3.03. The molecule has 2 amide bonds. The molecular formula is C28H31FN4O4S2. The average molecular weight is 571 g/mol. The number of likely N-dealkylation sites (tertiary alicyclic amines) is 1. The van der Waals surface area contributed by atoms with Crippen molar-refractivity contribution in [2.45, 2.75) is 45.1 Å². The van der Waals surface area contributed by atoms with Crippen molar-refractivity contribution in [3.05, 3.63) is 81.1 Å². The van der Waals surface area contributed by atoms with Crippen molar-refractivity contribution in [3.63, 3.8) is 0 Å². The number of hydrogen-bond donors (Lipinski definition) is 1. The molecule has 1 atom stereocenters. The van der Waals surface area contributed by atoms with Gasteiger partial charge in [-0.15, -0.1) is 11.3 Å². The van der Waals surface area contributed by atoms with Gasteiger partial charge in [-0.1, -0.05) is 12.1 Å². The van der Waals surface area contributed by atoms with Gasteiger partial charge in [0, 0.05) is 41.8 Å². The number of nitrogens with zero attached hydrogens (tertiary/aromatic N) is 3. The summed E-state index contributed by atoms with van der Waals surface area (Å²) < 4.78 is 40.6. The molecule has 5 rings (SSSR count). The van der Waals surface area contributed by atoms with Crippen LogP contribution in [0.3, 0.4) is 0 Å². The molecule has 3 heterocycles. The quantitative estimate of drug-likeness (QED) is 0.452. The van der Waals surface area contributed by atoms with Gasteiger partial charge < -0.3 is 10.2 Å². The molecule has 2 fully saturated rings. The van der Waals surface area contributed by atoms with E-state index in [-0.39, 0.29) is 41.2 Å². The molecule has 1 aromatic heterocycles. The van der Waals surface area contributed by atoms with Gasteiger partial charge in [0.2, 0.25) is 10.0 Å². The molecule has 11 heteroatoms. The monoisotopic (exact) mass is 570 g/mol. The zero-order chi connectivity index (χ0) is 27.6. The normalized spacial score (nSPS) is 18.8. The predicted molar refractivity (Wildman–Crippen MR) is 149 cm³/mol. The summed E-state index contributed by atoms with van der Waals surface area (Å²) >= 11 is 1.52. The van der Waals surface area contributed by atoms with Crippen LogP contribution in [0.4, 0.5) is 10.1 Å². The van der Waals surface area contributed by atoms with Crippen LogP contribution in [0.5, 0.6) is 0 Å². The molecule has 206 valence electrons. The van der Waals surface area contributed by atoms with E-state index in [1.165, 1.54) is 39.9 Å². The number of nitrogens with one attached hydrogen (secondary N) is 1. The molecule has 2 aliphatic rings. The number of sulfonamides is 1. The number of carbonyl (C=O) groups is 2. The van der Waals surface area contributed by atoms with E-state index < -0.39 is 15.9 Å². The summed E-state index contributed by atoms with van der Waals surface area (Å²) in [7, 11) is -3.56. The van der Waals surface area contributed by atoms with E-state index in [0.717, 1.165) is 29.1 Å². The summed E-state index contributed by atoms with van der Waals surface area (Å²) in [6, 6.07) is 10.7. The number of thiazole rings is 1. The minimum Gasteiger partial charge on any atom is -0.352 e. The highest BCUT2D eigenvalue weighted by Gasteiger charge is 2.34. The number of rotatable bonds is 7. The molecule has 0 bridgehead atoms. The Balaban J connectivity index is 1.43. The zero-order valence-electron chi connectivity index (χ0n) is 21.7. The second kappa shape index (κ2) is 11.4. The Kier molecular flexibility index (Phi) is 7.99. The average Bonchev–Trinajstić information content (AvgIpc) is 3.57. The number of benzene rings is 2. The molecule has 1 N–H and O–H groups in total. The van der Waals surface area contributed by atoms with Gasteiger partial charge in [0.1, 0.15) is 10.8 Å². The highest BCUT2D eigenvalue weighted by molar-refractivity contribution is 7.92. The van der Waals surface area contributed by atoms with Crippen molar-refractivity contribution in [1.82, 2.24) is 15.2 Å². The number of amides is 2. The van der Waals surface area contributed by atoms with Crippen molar-refractivity contribution in [1.29, 1.82) is 0 Å². The van der Waals surface area contributed by atoms with E-state index in [1.807, 2.05) is 12.3 Å². The minimum absolute atomic E-state index is 0.0257. The molecule has 8 nitrogen and oxygen atoms in total. The van der Waals surface area contributed by atoms with E-state index in [1.54, 1.807) is 23.1 Å². The molecule has 0 radical (unpaired) electrons. The van der Waals surface area contributed by atoms with Crippen LogP contribution in [-0.2, 0) is 16.4 Å². The first-order chi connectivity index (χ1) is 18.7. The number of aromatic nitrogens is 1. The summed E-state index contributed by atoms with van der Waals surface area (Å²) in [5.74, 6) is -0.996. The van der Waals surface area contributed by atoms with E-state index in [0.29, 0.717) is 38.0 Å². The smallest absolute Gasteiger partial charge is 0.254 e. The van der Waals surface area contributed by atoms with Crippen LogP contribution in [0.15, 0.2) is 47.8 Å². The zero-order valence-corrected chi connectivity index (χ0v) is 23.4. The lowest BCUT2D eigenvalue weighted by molar-refractivity contribution is 0.0735. The Bertz CT molecular complexity index is 1490. The van der Waals surface area contributed by atoms with E-state index in [4.69, 9.17) is 0 Å². The topological polar surface area (TPSA) is 99.7 Å². The van der Waals surface area contributed by atoms with Crippen LogP contribution >= 0.6 is 11.3 Å². The van der Waals surface area contributed by atoms with Gasteiger partial charge >= 0.3 is 0 Å². The van der Waals surface area contributed by atoms with Crippen molar-refractivity contribution < 1.29 is 22.4 Å². The minimum atomic E-state index is -3.56. The third kappa shape index (κ3) is 6.14. The fourth-order valence-corrected chi connectivity index (χ4v) is 7.73. The van der Waals surface area contributed by atoms with Crippen LogP contribution in [0.2, 0.25) is 0 Å². The standard InChI is InChI=1S/C28H31FN4O4S2/c1-19-18-38-27(31-19)25-8-5-11-32(25)28(35)22-15-21(16-24(17-22)33-12-2-3-13-39(33,36)37)26(34)30-10-9-20-6-4-7-23(29)14-20/h4,6-7,14-18,25H,2-3,5,8-13H2,1H3,(H,30,34). The molecule has 1 unspecified atom stereocenters. The fourth-order valence-electron chi connectivity index (χ4n) is 5.16. The molecular weight excluding hydrogens is 539 g/mol. The molecule has 2 saturated heterocycles. The molecule has 2 aromatic carbocycles. The van der Waals surface area contributed by atoms with Crippen molar-refractivity contribution in [2.75, 3.05) is 29.7 Å². The van der Waals surface area contributed by atoms with Gasteiger partial charge in [0.05, 0.1) is 17.5 Å². The van der Waals surface area contributed by atoms with Gasteiger partial charge in [-0.2, -0.15) is 0 Å². The van der Waals surface area contributed by atoms with Gasteiger partial charge in [-0.3, -0.25) is 13.9 Å². The van der Waals surface area contributed by atoms with E-state index in [2.05, 4.69) is 10.3 Å². The number of aryl methyl sites for hydroxylation is 1. The molecule has 0 spiro atoms. The fraction of sp³-hybridized carbons (Fsp3) is 0.393. The summed E-state index contributed by atoms with van der Waals surface area (Å²) in [5, 5.41) is 5.67. The van der Waals surface area contributed by atoms with E-state index >= 15 is 0 Å². The number of hydrogen-bond acceptors (Lipinski definition) is 6. The first-order valence-corrected chi connectivity index (χ1v) is 15.6. The largest absolute Gasteiger partial charge is 0.352 e. The van der Waals surface area contributed by atoms with Gasteiger partial charge in [-0.25, -0.2) is 17.8 Å². The molecule has 39 heavy (non-hydrogen) atoms. The Morgan fingerprint density at radius 2 is 1.92 bits per heavy atom. The lowest BCUT2D eigenvalue weighted by Crippen LogP contribution is -2.38. The highest BCUT2D eigenvalue weighted by Crippen LogP contribution is 2.36. The first-order valence-electron chi connectivity index (χ1n) is 13.1.